The second-order valence-corrected chi connectivity index (χ2v) is 3.26. The number of hydrogen-bond acceptors (Lipinski definition) is 1. The maximum absolute atomic E-state index is 11.1. The first-order chi connectivity index (χ1) is 6.84. The molecule has 0 saturated heterocycles. The average Bonchev–Trinajstić information content (AvgIpc) is 2.54. The van der Waals surface area contributed by atoms with E-state index in [0.29, 0.717) is 0 Å². The number of benzene rings is 1. The molecule has 14 heavy (non-hydrogen) atoms. The molecule has 0 saturated carbocycles. The minimum absolute atomic E-state index is 0.0246. The van der Waals surface area contributed by atoms with Gasteiger partial charge in [0.1, 0.15) is 5.65 Å². The molecule has 0 amide bonds. The summed E-state index contributed by atoms with van der Waals surface area (Å²) in [6.07, 6.45) is 1.79. The molecule has 0 aliphatic carbocycles. The van der Waals surface area contributed by atoms with E-state index in [4.69, 9.17) is 0 Å². The zero-order chi connectivity index (χ0) is 9.54. The molecule has 1 N–H and O–H groups in total. The third kappa shape index (κ3) is 0.893. The van der Waals surface area contributed by atoms with Crippen molar-refractivity contribution in [2.45, 2.75) is 0 Å². The third-order valence-corrected chi connectivity index (χ3v) is 2.35. The molecule has 3 aromatic rings. The molecular formula is C11H8N2O. The topological polar surface area (TPSA) is 37.3 Å². The molecule has 3 nitrogen and oxygen atoms in total. The molecule has 3 heteroatoms. The smallest absolute Gasteiger partial charge is 0.183 e. The Morgan fingerprint density at radius 1 is 1.14 bits per heavy atom. The minimum atomic E-state index is 0.0246. The van der Waals surface area contributed by atoms with Crippen LogP contribution in [-0.2, 0) is 0 Å². The van der Waals surface area contributed by atoms with Crippen LogP contribution < -0.4 is 5.43 Å². The highest BCUT2D eigenvalue weighted by atomic mass is 16.1. The number of hydrogen-bond donors (Lipinski definition) is 1. The molecule has 2 aromatic heterocycles. The Bertz CT molecular complexity index is 663. The van der Waals surface area contributed by atoms with Crippen molar-refractivity contribution in [3.8, 4) is 0 Å². The van der Waals surface area contributed by atoms with Gasteiger partial charge in [-0.1, -0.05) is 12.1 Å². The normalized spacial score (nSPS) is 11.1. The van der Waals surface area contributed by atoms with Crippen LogP contribution in [0.4, 0.5) is 0 Å². The SMILES string of the molecule is O=c1ccn2c(c1)[nH]c1ccccc12. The van der Waals surface area contributed by atoms with Crippen molar-refractivity contribution in [1.29, 1.82) is 0 Å². The lowest BCUT2D eigenvalue weighted by Crippen LogP contribution is -1.97. The molecule has 1 aromatic carbocycles. The van der Waals surface area contributed by atoms with Crippen LogP contribution in [0.25, 0.3) is 16.7 Å². The number of aromatic nitrogens is 2. The number of pyridine rings is 1. The van der Waals surface area contributed by atoms with E-state index in [1.165, 1.54) is 0 Å². The lowest BCUT2D eigenvalue weighted by atomic mass is 10.3. The van der Waals surface area contributed by atoms with Crippen LogP contribution in [0.3, 0.4) is 0 Å². The molecule has 0 fully saturated rings. The number of nitrogens with one attached hydrogen (secondary N) is 1. The van der Waals surface area contributed by atoms with Crippen LogP contribution in [0.2, 0.25) is 0 Å². The fourth-order valence-corrected chi connectivity index (χ4v) is 1.71. The Morgan fingerprint density at radius 2 is 2.00 bits per heavy atom. The summed E-state index contributed by atoms with van der Waals surface area (Å²) < 4.78 is 1.97. The van der Waals surface area contributed by atoms with Crippen molar-refractivity contribution < 1.29 is 0 Å². The minimum Gasteiger partial charge on any atom is -0.340 e. The second-order valence-electron chi connectivity index (χ2n) is 3.26. The molecule has 2 heterocycles. The maximum Gasteiger partial charge on any atom is 0.183 e. The van der Waals surface area contributed by atoms with Gasteiger partial charge in [-0.25, -0.2) is 0 Å². The summed E-state index contributed by atoms with van der Waals surface area (Å²) in [6, 6.07) is 11.1. The van der Waals surface area contributed by atoms with Gasteiger partial charge in [0.25, 0.3) is 0 Å². The van der Waals surface area contributed by atoms with E-state index in [2.05, 4.69) is 4.98 Å². The third-order valence-electron chi connectivity index (χ3n) is 2.35. The number of rotatable bonds is 0. The van der Waals surface area contributed by atoms with Crippen LogP contribution in [0.1, 0.15) is 0 Å². The van der Waals surface area contributed by atoms with Crippen molar-refractivity contribution in [2.75, 3.05) is 0 Å². The second kappa shape index (κ2) is 2.48. The van der Waals surface area contributed by atoms with E-state index in [-0.39, 0.29) is 5.43 Å². The van der Waals surface area contributed by atoms with Gasteiger partial charge in [0.05, 0.1) is 11.0 Å². The largest absolute Gasteiger partial charge is 0.340 e. The molecule has 0 spiro atoms. The number of aromatic amines is 1. The quantitative estimate of drug-likeness (QED) is 0.568. The van der Waals surface area contributed by atoms with E-state index in [1.54, 1.807) is 18.3 Å². The van der Waals surface area contributed by atoms with Crippen LogP contribution in [0.5, 0.6) is 0 Å². The van der Waals surface area contributed by atoms with E-state index in [1.807, 2.05) is 28.7 Å². The molecule has 0 aliphatic heterocycles. The first-order valence-electron chi connectivity index (χ1n) is 4.44. The molecule has 3 rings (SSSR count). The standard InChI is InChI=1S/C11H8N2O/c14-8-5-6-13-10-4-2-1-3-9(10)12-11(13)7-8/h1-7,12H. The highest BCUT2D eigenvalue weighted by Gasteiger charge is 2.00. The van der Waals surface area contributed by atoms with Crippen LogP contribution in [-0.4, -0.2) is 9.38 Å². The van der Waals surface area contributed by atoms with E-state index >= 15 is 0 Å². The summed E-state index contributed by atoms with van der Waals surface area (Å²) in [6.45, 7) is 0. The lowest BCUT2D eigenvalue weighted by molar-refractivity contribution is 1.21. The molecular weight excluding hydrogens is 176 g/mol. The van der Waals surface area contributed by atoms with Gasteiger partial charge in [-0.2, -0.15) is 0 Å². The number of fused-ring (bicyclic) bond motifs is 3. The fourth-order valence-electron chi connectivity index (χ4n) is 1.71. The summed E-state index contributed by atoms with van der Waals surface area (Å²) in [5.74, 6) is 0. The first kappa shape index (κ1) is 7.38. The van der Waals surface area contributed by atoms with Gasteiger partial charge in [0.2, 0.25) is 0 Å². The molecule has 68 valence electrons. The molecule has 0 bridgehead atoms. The van der Waals surface area contributed by atoms with Crippen molar-refractivity contribution in [2.24, 2.45) is 0 Å². The summed E-state index contributed by atoms with van der Waals surface area (Å²) in [4.78, 5) is 14.3. The van der Waals surface area contributed by atoms with E-state index in [0.717, 1.165) is 16.7 Å². The van der Waals surface area contributed by atoms with Crippen molar-refractivity contribution in [3.05, 3.63) is 52.8 Å². The number of para-hydroxylation sites is 2. The van der Waals surface area contributed by atoms with Crippen LogP contribution >= 0.6 is 0 Å². The predicted molar refractivity (Wildman–Crippen MR) is 55.5 cm³/mol. The van der Waals surface area contributed by atoms with Gasteiger partial charge in [0.15, 0.2) is 5.43 Å². The number of nitrogens with zero attached hydrogens (tertiary/aromatic N) is 1. The Hall–Kier alpha value is -2.03. The Kier molecular flexibility index (Phi) is 1.31. The van der Waals surface area contributed by atoms with Gasteiger partial charge in [0, 0.05) is 18.3 Å². The predicted octanol–water partition coefficient (Wildman–Crippen LogP) is 1.78. The molecule has 0 radical (unpaired) electrons. The highest BCUT2D eigenvalue weighted by molar-refractivity contribution is 5.80. The fraction of sp³-hybridized carbons (Fsp3) is 0. The van der Waals surface area contributed by atoms with Crippen LogP contribution in [0.15, 0.2) is 47.4 Å². The van der Waals surface area contributed by atoms with Crippen molar-refractivity contribution >= 4 is 16.7 Å². The summed E-state index contributed by atoms with van der Waals surface area (Å²) in [5.41, 5.74) is 2.98. The zero-order valence-electron chi connectivity index (χ0n) is 7.40. The summed E-state index contributed by atoms with van der Waals surface area (Å²) >= 11 is 0. The van der Waals surface area contributed by atoms with Gasteiger partial charge in [-0.05, 0) is 12.1 Å². The molecule has 0 unspecified atom stereocenters. The lowest BCUT2D eigenvalue weighted by Gasteiger charge is -1.92. The highest BCUT2D eigenvalue weighted by Crippen LogP contribution is 2.13. The zero-order valence-corrected chi connectivity index (χ0v) is 7.40. The van der Waals surface area contributed by atoms with Crippen molar-refractivity contribution in [1.82, 2.24) is 9.38 Å². The number of H-pyrrole nitrogens is 1. The van der Waals surface area contributed by atoms with Crippen LogP contribution in [0, 0.1) is 0 Å². The maximum atomic E-state index is 11.1. The van der Waals surface area contributed by atoms with E-state index in [9.17, 15) is 4.79 Å². The molecule has 0 aliphatic rings. The average molecular weight is 184 g/mol. The van der Waals surface area contributed by atoms with Gasteiger partial charge in [-0.15, -0.1) is 0 Å². The number of imidazole rings is 1. The Labute approximate surface area is 79.6 Å². The Balaban J connectivity index is 2.63. The van der Waals surface area contributed by atoms with Gasteiger partial charge in [-0.3, -0.25) is 4.79 Å². The Morgan fingerprint density at radius 3 is 2.93 bits per heavy atom. The van der Waals surface area contributed by atoms with E-state index < -0.39 is 0 Å². The monoisotopic (exact) mass is 184 g/mol. The molecule has 0 atom stereocenters. The first-order valence-corrected chi connectivity index (χ1v) is 4.44. The summed E-state index contributed by atoms with van der Waals surface area (Å²) in [5, 5.41) is 0. The van der Waals surface area contributed by atoms with Crippen molar-refractivity contribution in [3.63, 3.8) is 0 Å². The summed E-state index contributed by atoms with van der Waals surface area (Å²) in [7, 11) is 0. The van der Waals surface area contributed by atoms with Gasteiger partial charge < -0.3 is 9.38 Å². The van der Waals surface area contributed by atoms with Gasteiger partial charge >= 0.3 is 0 Å².